The Morgan fingerprint density at radius 3 is 2.44 bits per heavy atom. The van der Waals surface area contributed by atoms with Crippen LogP contribution in [-0.4, -0.2) is 24.5 Å². The third-order valence-electron chi connectivity index (χ3n) is 2.38. The van der Waals surface area contributed by atoms with Crippen LogP contribution in [0.1, 0.15) is 20.3 Å². The Labute approximate surface area is 113 Å². The van der Waals surface area contributed by atoms with E-state index < -0.39 is 0 Å². The molecule has 0 aromatic heterocycles. The maximum absolute atomic E-state index is 11.6. The van der Waals surface area contributed by atoms with E-state index >= 15 is 0 Å². The van der Waals surface area contributed by atoms with Crippen molar-refractivity contribution in [2.75, 3.05) is 11.9 Å². The quantitative estimate of drug-likeness (QED) is 0.740. The third-order valence-corrected chi connectivity index (χ3v) is 2.63. The number of carbonyl (C=O) groups is 1. The summed E-state index contributed by atoms with van der Waals surface area (Å²) in [5, 5.41) is 6.75. The van der Waals surface area contributed by atoms with E-state index in [2.05, 4.69) is 10.6 Å². The van der Waals surface area contributed by atoms with Gasteiger partial charge >= 0.3 is 0 Å². The van der Waals surface area contributed by atoms with Gasteiger partial charge in [0.15, 0.2) is 0 Å². The highest BCUT2D eigenvalue weighted by molar-refractivity contribution is 6.30. The zero-order valence-electron chi connectivity index (χ0n) is 10.7. The number of hydrogen-bond donors (Lipinski definition) is 3. The molecule has 0 aliphatic carbocycles. The van der Waals surface area contributed by atoms with Gasteiger partial charge in [0.05, 0.1) is 0 Å². The Hall–Kier alpha value is -1.26. The largest absolute Gasteiger partial charge is 0.381 e. The Kier molecular flexibility index (Phi) is 5.95. The van der Waals surface area contributed by atoms with Crippen LogP contribution in [0.2, 0.25) is 5.02 Å². The first-order chi connectivity index (χ1) is 8.51. The molecular weight excluding hydrogens is 250 g/mol. The zero-order valence-corrected chi connectivity index (χ0v) is 11.5. The fourth-order valence-electron chi connectivity index (χ4n) is 1.58. The normalized spacial score (nSPS) is 12.3. The maximum Gasteiger partial charge on any atom is 0.222 e. The number of hydrogen-bond acceptors (Lipinski definition) is 3. The lowest BCUT2D eigenvalue weighted by molar-refractivity contribution is -0.121. The molecule has 4 nitrogen and oxygen atoms in total. The lowest BCUT2D eigenvalue weighted by Gasteiger charge is -2.18. The van der Waals surface area contributed by atoms with Gasteiger partial charge in [0.2, 0.25) is 5.91 Å². The van der Waals surface area contributed by atoms with Crippen LogP contribution < -0.4 is 16.4 Å². The second-order valence-corrected chi connectivity index (χ2v) is 4.95. The number of nitrogens with two attached hydrogens (primary N) is 1. The minimum absolute atomic E-state index is 0.00177. The number of halogens is 1. The second-order valence-electron chi connectivity index (χ2n) is 4.51. The molecule has 0 aliphatic heterocycles. The van der Waals surface area contributed by atoms with Crippen LogP contribution in [-0.2, 0) is 4.79 Å². The Morgan fingerprint density at radius 1 is 1.33 bits per heavy atom. The average Bonchev–Trinajstić information content (AvgIpc) is 2.30. The van der Waals surface area contributed by atoms with Crippen molar-refractivity contribution in [1.82, 2.24) is 5.32 Å². The Morgan fingerprint density at radius 2 is 1.94 bits per heavy atom. The van der Waals surface area contributed by atoms with Crippen molar-refractivity contribution in [3.63, 3.8) is 0 Å². The molecule has 1 amide bonds. The van der Waals surface area contributed by atoms with Crippen LogP contribution in [0.15, 0.2) is 24.3 Å². The summed E-state index contributed by atoms with van der Waals surface area (Å²) < 4.78 is 0. The third kappa shape index (κ3) is 5.38. The van der Waals surface area contributed by atoms with Gasteiger partial charge in [-0.2, -0.15) is 0 Å². The molecule has 0 fully saturated rings. The lowest BCUT2D eigenvalue weighted by atomic mass is 10.1. The van der Waals surface area contributed by atoms with Crippen LogP contribution >= 0.6 is 11.6 Å². The van der Waals surface area contributed by atoms with Crippen molar-refractivity contribution < 1.29 is 4.79 Å². The van der Waals surface area contributed by atoms with Gasteiger partial charge in [-0.25, -0.2) is 0 Å². The predicted molar refractivity (Wildman–Crippen MR) is 75.8 cm³/mol. The summed E-state index contributed by atoms with van der Waals surface area (Å²) in [4.78, 5) is 11.6. The standard InChI is InChI=1S/C13H20ClN3O/c1-9(2)16-13(18)7-12(8-15)17-11-5-3-10(14)4-6-11/h3-6,9,12,17H,7-8,15H2,1-2H3,(H,16,18). The van der Waals surface area contributed by atoms with E-state index in [-0.39, 0.29) is 18.0 Å². The summed E-state index contributed by atoms with van der Waals surface area (Å²) in [6.07, 6.45) is 0.358. The van der Waals surface area contributed by atoms with Crippen molar-refractivity contribution in [2.24, 2.45) is 5.73 Å². The minimum atomic E-state index is -0.0788. The lowest BCUT2D eigenvalue weighted by Crippen LogP contribution is -2.38. The number of benzene rings is 1. The van der Waals surface area contributed by atoms with E-state index in [4.69, 9.17) is 17.3 Å². The van der Waals surface area contributed by atoms with Gasteiger partial charge < -0.3 is 16.4 Å². The molecule has 1 aromatic rings. The van der Waals surface area contributed by atoms with Crippen molar-refractivity contribution in [2.45, 2.75) is 32.4 Å². The molecule has 0 saturated carbocycles. The number of amides is 1. The molecule has 18 heavy (non-hydrogen) atoms. The van der Waals surface area contributed by atoms with Crippen molar-refractivity contribution in [3.05, 3.63) is 29.3 Å². The van der Waals surface area contributed by atoms with Crippen LogP contribution in [0.5, 0.6) is 0 Å². The minimum Gasteiger partial charge on any atom is -0.381 e. The van der Waals surface area contributed by atoms with Crippen molar-refractivity contribution in [1.29, 1.82) is 0 Å². The first kappa shape index (κ1) is 14.8. The van der Waals surface area contributed by atoms with Gasteiger partial charge in [-0.05, 0) is 38.1 Å². The van der Waals surface area contributed by atoms with Gasteiger partial charge in [0.25, 0.3) is 0 Å². The maximum atomic E-state index is 11.6. The number of anilines is 1. The topological polar surface area (TPSA) is 67.2 Å². The molecule has 1 unspecified atom stereocenters. The van der Waals surface area contributed by atoms with E-state index in [0.29, 0.717) is 18.0 Å². The van der Waals surface area contributed by atoms with Gasteiger partial charge in [0, 0.05) is 35.8 Å². The van der Waals surface area contributed by atoms with Gasteiger partial charge in [-0.1, -0.05) is 11.6 Å². The highest BCUT2D eigenvalue weighted by atomic mass is 35.5. The molecule has 0 bridgehead atoms. The molecule has 0 spiro atoms. The second kappa shape index (κ2) is 7.24. The molecule has 1 rings (SSSR count). The molecule has 1 atom stereocenters. The number of carbonyl (C=O) groups excluding carboxylic acids is 1. The molecule has 0 radical (unpaired) electrons. The molecule has 0 aliphatic rings. The average molecular weight is 270 g/mol. The van der Waals surface area contributed by atoms with Crippen LogP contribution in [0, 0.1) is 0 Å². The summed E-state index contributed by atoms with van der Waals surface area (Å²) in [6.45, 7) is 4.26. The molecule has 100 valence electrons. The van der Waals surface area contributed by atoms with Crippen LogP contribution in [0.3, 0.4) is 0 Å². The van der Waals surface area contributed by atoms with E-state index in [1.807, 2.05) is 26.0 Å². The number of rotatable bonds is 6. The van der Waals surface area contributed by atoms with Crippen molar-refractivity contribution >= 4 is 23.2 Å². The summed E-state index contributed by atoms with van der Waals surface area (Å²) in [5.74, 6) is 0.00177. The van der Waals surface area contributed by atoms with Crippen molar-refractivity contribution in [3.8, 4) is 0 Å². The van der Waals surface area contributed by atoms with E-state index in [9.17, 15) is 4.79 Å². The summed E-state index contributed by atoms with van der Waals surface area (Å²) in [6, 6.07) is 7.39. The smallest absolute Gasteiger partial charge is 0.222 e. The van der Waals surface area contributed by atoms with Crippen LogP contribution in [0.4, 0.5) is 5.69 Å². The summed E-state index contributed by atoms with van der Waals surface area (Å²) in [5.41, 5.74) is 6.57. The summed E-state index contributed by atoms with van der Waals surface area (Å²) in [7, 11) is 0. The molecule has 5 heteroatoms. The van der Waals surface area contributed by atoms with E-state index in [0.717, 1.165) is 5.69 Å². The monoisotopic (exact) mass is 269 g/mol. The highest BCUT2D eigenvalue weighted by Crippen LogP contribution is 2.14. The number of nitrogens with one attached hydrogen (secondary N) is 2. The molecule has 1 aromatic carbocycles. The fourth-order valence-corrected chi connectivity index (χ4v) is 1.71. The Bertz CT molecular complexity index is 378. The van der Waals surface area contributed by atoms with E-state index in [1.54, 1.807) is 12.1 Å². The van der Waals surface area contributed by atoms with E-state index in [1.165, 1.54) is 0 Å². The Balaban J connectivity index is 2.51. The first-order valence-corrected chi connectivity index (χ1v) is 6.40. The SMILES string of the molecule is CC(C)NC(=O)CC(CN)Nc1ccc(Cl)cc1. The first-order valence-electron chi connectivity index (χ1n) is 6.02. The molecular formula is C13H20ClN3O. The van der Waals surface area contributed by atoms with Gasteiger partial charge in [0.1, 0.15) is 0 Å². The summed E-state index contributed by atoms with van der Waals surface area (Å²) >= 11 is 5.81. The molecule has 0 heterocycles. The zero-order chi connectivity index (χ0) is 13.5. The predicted octanol–water partition coefficient (Wildman–Crippen LogP) is 1.99. The molecule has 4 N–H and O–H groups in total. The molecule has 0 saturated heterocycles. The van der Waals surface area contributed by atoms with Gasteiger partial charge in [-0.3, -0.25) is 4.79 Å². The highest BCUT2D eigenvalue weighted by Gasteiger charge is 2.12. The fraction of sp³-hybridized carbons (Fsp3) is 0.462. The van der Waals surface area contributed by atoms with Crippen LogP contribution in [0.25, 0.3) is 0 Å². The van der Waals surface area contributed by atoms with Gasteiger partial charge in [-0.15, -0.1) is 0 Å².